The Kier molecular flexibility index (Phi) is 5.15. The minimum atomic E-state index is 0.619. The standard InChI is InChI=1S/C11H20N2S/c1-3-10(4-12)5-13-6-11-8-14-7-9(11)2/h7-8,10,13H,3-6,12H2,1-2H3. The summed E-state index contributed by atoms with van der Waals surface area (Å²) in [5.41, 5.74) is 8.45. The van der Waals surface area contributed by atoms with E-state index in [-0.39, 0.29) is 0 Å². The van der Waals surface area contributed by atoms with Crippen LogP contribution in [0.5, 0.6) is 0 Å². The molecule has 2 nitrogen and oxygen atoms in total. The normalized spacial score (nSPS) is 13.1. The van der Waals surface area contributed by atoms with Crippen molar-refractivity contribution in [2.24, 2.45) is 11.7 Å². The fourth-order valence-corrected chi connectivity index (χ4v) is 2.23. The highest BCUT2D eigenvalue weighted by molar-refractivity contribution is 7.08. The number of aryl methyl sites for hydroxylation is 1. The van der Waals surface area contributed by atoms with Crippen LogP contribution in [0.15, 0.2) is 10.8 Å². The molecular formula is C11H20N2S. The van der Waals surface area contributed by atoms with Gasteiger partial charge in [0.2, 0.25) is 0 Å². The summed E-state index contributed by atoms with van der Waals surface area (Å²) in [5, 5.41) is 7.86. The van der Waals surface area contributed by atoms with Crippen molar-refractivity contribution in [1.82, 2.24) is 5.32 Å². The largest absolute Gasteiger partial charge is 0.330 e. The Morgan fingerprint density at radius 3 is 2.79 bits per heavy atom. The number of hydrogen-bond donors (Lipinski definition) is 2. The molecule has 1 rings (SSSR count). The highest BCUT2D eigenvalue weighted by Crippen LogP contribution is 2.13. The molecule has 1 heterocycles. The van der Waals surface area contributed by atoms with Crippen LogP contribution in [0.2, 0.25) is 0 Å². The lowest BCUT2D eigenvalue weighted by Gasteiger charge is -2.12. The predicted molar refractivity (Wildman–Crippen MR) is 63.6 cm³/mol. The first-order valence-corrected chi connectivity index (χ1v) is 6.14. The zero-order chi connectivity index (χ0) is 10.4. The summed E-state index contributed by atoms with van der Waals surface area (Å²) in [6.45, 7) is 7.14. The molecule has 0 radical (unpaired) electrons. The minimum Gasteiger partial charge on any atom is -0.330 e. The van der Waals surface area contributed by atoms with E-state index in [1.54, 1.807) is 11.3 Å². The van der Waals surface area contributed by atoms with Gasteiger partial charge in [0.05, 0.1) is 0 Å². The number of thiophene rings is 1. The van der Waals surface area contributed by atoms with Crippen LogP contribution in [0, 0.1) is 12.8 Å². The van der Waals surface area contributed by atoms with Crippen LogP contribution in [0.4, 0.5) is 0 Å². The Hall–Kier alpha value is -0.380. The molecular weight excluding hydrogens is 192 g/mol. The first-order chi connectivity index (χ1) is 6.77. The van der Waals surface area contributed by atoms with E-state index >= 15 is 0 Å². The molecule has 0 saturated carbocycles. The van der Waals surface area contributed by atoms with Crippen molar-refractivity contribution >= 4 is 11.3 Å². The van der Waals surface area contributed by atoms with Crippen LogP contribution in [-0.4, -0.2) is 13.1 Å². The lowest BCUT2D eigenvalue weighted by Crippen LogP contribution is -2.27. The second kappa shape index (κ2) is 6.17. The van der Waals surface area contributed by atoms with Crippen molar-refractivity contribution < 1.29 is 0 Å². The van der Waals surface area contributed by atoms with Crippen molar-refractivity contribution in [2.45, 2.75) is 26.8 Å². The van der Waals surface area contributed by atoms with Crippen molar-refractivity contribution in [3.8, 4) is 0 Å². The molecule has 1 unspecified atom stereocenters. The van der Waals surface area contributed by atoms with Crippen LogP contribution in [0.3, 0.4) is 0 Å². The Bertz CT molecular complexity index is 254. The van der Waals surface area contributed by atoms with Crippen molar-refractivity contribution in [3.63, 3.8) is 0 Å². The third kappa shape index (κ3) is 3.40. The molecule has 0 aliphatic rings. The Morgan fingerprint density at radius 2 is 2.29 bits per heavy atom. The van der Waals surface area contributed by atoms with Gasteiger partial charge in [-0.2, -0.15) is 11.3 Å². The van der Waals surface area contributed by atoms with E-state index in [4.69, 9.17) is 5.73 Å². The average Bonchev–Trinajstić information content (AvgIpc) is 2.59. The van der Waals surface area contributed by atoms with Gasteiger partial charge in [0.15, 0.2) is 0 Å². The predicted octanol–water partition coefficient (Wildman–Crippen LogP) is 2.13. The van der Waals surface area contributed by atoms with E-state index in [0.717, 1.165) is 26.1 Å². The zero-order valence-electron chi connectivity index (χ0n) is 9.05. The van der Waals surface area contributed by atoms with Gasteiger partial charge in [0, 0.05) is 6.54 Å². The third-order valence-electron chi connectivity index (χ3n) is 2.62. The highest BCUT2D eigenvalue weighted by atomic mass is 32.1. The molecule has 0 saturated heterocycles. The molecule has 14 heavy (non-hydrogen) atoms. The number of nitrogens with one attached hydrogen (secondary N) is 1. The van der Waals surface area contributed by atoms with Gasteiger partial charge in [-0.05, 0) is 47.8 Å². The van der Waals surface area contributed by atoms with Crippen molar-refractivity contribution in [2.75, 3.05) is 13.1 Å². The molecule has 0 amide bonds. The summed E-state index contributed by atoms with van der Waals surface area (Å²) in [6.07, 6.45) is 1.16. The smallest absolute Gasteiger partial charge is 0.0216 e. The summed E-state index contributed by atoms with van der Waals surface area (Å²) in [4.78, 5) is 0. The fourth-order valence-electron chi connectivity index (χ4n) is 1.37. The molecule has 3 N–H and O–H groups in total. The number of hydrogen-bond acceptors (Lipinski definition) is 3. The maximum atomic E-state index is 5.63. The van der Waals surface area contributed by atoms with E-state index in [1.807, 2.05) is 0 Å². The number of rotatable bonds is 6. The van der Waals surface area contributed by atoms with Crippen molar-refractivity contribution in [1.29, 1.82) is 0 Å². The quantitative estimate of drug-likeness (QED) is 0.758. The molecule has 0 spiro atoms. The molecule has 0 fully saturated rings. The van der Waals surface area contributed by atoms with Gasteiger partial charge < -0.3 is 11.1 Å². The molecule has 0 aromatic carbocycles. The van der Waals surface area contributed by atoms with Gasteiger partial charge in [-0.25, -0.2) is 0 Å². The van der Waals surface area contributed by atoms with Gasteiger partial charge >= 0.3 is 0 Å². The minimum absolute atomic E-state index is 0.619. The van der Waals surface area contributed by atoms with Crippen LogP contribution in [0.1, 0.15) is 24.5 Å². The lowest BCUT2D eigenvalue weighted by molar-refractivity contribution is 0.471. The fraction of sp³-hybridized carbons (Fsp3) is 0.636. The summed E-state index contributed by atoms with van der Waals surface area (Å²) >= 11 is 1.77. The van der Waals surface area contributed by atoms with Gasteiger partial charge in [-0.3, -0.25) is 0 Å². The molecule has 0 bridgehead atoms. The van der Waals surface area contributed by atoms with Gasteiger partial charge in [-0.1, -0.05) is 13.3 Å². The first-order valence-electron chi connectivity index (χ1n) is 5.20. The van der Waals surface area contributed by atoms with Crippen LogP contribution < -0.4 is 11.1 Å². The molecule has 3 heteroatoms. The van der Waals surface area contributed by atoms with E-state index in [0.29, 0.717) is 5.92 Å². The number of nitrogens with two attached hydrogens (primary N) is 1. The maximum absolute atomic E-state index is 5.63. The summed E-state index contributed by atoms with van der Waals surface area (Å²) in [7, 11) is 0. The van der Waals surface area contributed by atoms with Crippen molar-refractivity contribution in [3.05, 3.63) is 21.9 Å². The molecule has 1 aromatic heterocycles. The molecule has 1 aromatic rings. The molecule has 0 aliphatic carbocycles. The van der Waals surface area contributed by atoms with Crippen LogP contribution >= 0.6 is 11.3 Å². The second-order valence-electron chi connectivity index (χ2n) is 3.72. The zero-order valence-corrected chi connectivity index (χ0v) is 9.86. The lowest BCUT2D eigenvalue weighted by atomic mass is 10.1. The maximum Gasteiger partial charge on any atom is 0.0216 e. The Labute approximate surface area is 90.5 Å². The summed E-state index contributed by atoms with van der Waals surface area (Å²) in [6, 6.07) is 0. The monoisotopic (exact) mass is 212 g/mol. The van der Waals surface area contributed by atoms with E-state index in [9.17, 15) is 0 Å². The highest BCUT2D eigenvalue weighted by Gasteiger charge is 2.03. The van der Waals surface area contributed by atoms with Crippen LogP contribution in [-0.2, 0) is 6.54 Å². The third-order valence-corrected chi connectivity index (χ3v) is 3.53. The van der Waals surface area contributed by atoms with Gasteiger partial charge in [0.1, 0.15) is 0 Å². The molecule has 1 atom stereocenters. The Morgan fingerprint density at radius 1 is 1.50 bits per heavy atom. The SMILES string of the molecule is CCC(CN)CNCc1cscc1C. The topological polar surface area (TPSA) is 38.0 Å². The second-order valence-corrected chi connectivity index (χ2v) is 4.46. The van der Waals surface area contributed by atoms with Crippen LogP contribution in [0.25, 0.3) is 0 Å². The van der Waals surface area contributed by atoms with E-state index in [1.165, 1.54) is 11.1 Å². The Balaban J connectivity index is 2.24. The van der Waals surface area contributed by atoms with Gasteiger partial charge in [-0.15, -0.1) is 0 Å². The molecule has 0 aliphatic heterocycles. The van der Waals surface area contributed by atoms with E-state index < -0.39 is 0 Å². The van der Waals surface area contributed by atoms with Gasteiger partial charge in [0.25, 0.3) is 0 Å². The first kappa shape index (κ1) is 11.7. The molecule has 80 valence electrons. The van der Waals surface area contributed by atoms with E-state index in [2.05, 4.69) is 29.9 Å². The average molecular weight is 212 g/mol. The summed E-state index contributed by atoms with van der Waals surface area (Å²) < 4.78 is 0. The summed E-state index contributed by atoms with van der Waals surface area (Å²) in [5.74, 6) is 0.619.